The average molecular weight is 405 g/mol. The monoisotopic (exact) mass is 405 g/mol. The van der Waals surface area contributed by atoms with Crippen molar-refractivity contribution in [2.75, 3.05) is 46.8 Å². The van der Waals surface area contributed by atoms with Crippen LogP contribution in [0.4, 0.5) is 13.2 Å². The smallest absolute Gasteiger partial charge is 0.354 e. The molecule has 1 aromatic rings. The first kappa shape index (κ1) is 21.5. The highest BCUT2D eigenvalue weighted by Gasteiger charge is 2.31. The standard InChI is InChI=1S/C17H26F3N5OS/c1-21-16(23-11-15(26)24(2)12-17(18,19)20)22-10-13(14-6-5-9-27-14)25-7-3-4-8-25/h5-6,9,13H,3-4,7-8,10-12H2,1-2H3,(H2,21,22,23). The van der Waals surface area contributed by atoms with Crippen molar-refractivity contribution in [2.24, 2.45) is 4.99 Å². The summed E-state index contributed by atoms with van der Waals surface area (Å²) in [6.45, 7) is 1.16. The molecule has 1 fully saturated rings. The molecule has 0 aromatic carbocycles. The molecule has 1 saturated heterocycles. The second kappa shape index (κ2) is 9.93. The third kappa shape index (κ3) is 7.02. The summed E-state index contributed by atoms with van der Waals surface area (Å²) in [5.41, 5.74) is 0. The number of carbonyl (C=O) groups excluding carboxylic acids is 1. The minimum absolute atomic E-state index is 0.203. The predicted octanol–water partition coefficient (Wildman–Crippen LogP) is 2.07. The van der Waals surface area contributed by atoms with Crippen LogP contribution in [0.3, 0.4) is 0 Å². The van der Waals surface area contributed by atoms with Crippen LogP contribution in [-0.4, -0.2) is 74.7 Å². The van der Waals surface area contributed by atoms with Crippen LogP contribution in [0.15, 0.2) is 22.5 Å². The third-order valence-corrected chi connectivity index (χ3v) is 5.36. The Hall–Kier alpha value is -1.81. The Morgan fingerprint density at radius 2 is 2.07 bits per heavy atom. The Balaban J connectivity index is 1.85. The van der Waals surface area contributed by atoms with Crippen LogP contribution in [0, 0.1) is 0 Å². The van der Waals surface area contributed by atoms with Gasteiger partial charge in [-0.15, -0.1) is 11.3 Å². The van der Waals surface area contributed by atoms with Crippen LogP contribution in [0.25, 0.3) is 0 Å². The lowest BCUT2D eigenvalue weighted by Crippen LogP contribution is -2.47. The van der Waals surface area contributed by atoms with E-state index >= 15 is 0 Å². The number of rotatable bonds is 7. The number of alkyl halides is 3. The fourth-order valence-corrected chi connectivity index (χ4v) is 3.87. The molecule has 152 valence electrons. The molecule has 0 saturated carbocycles. The summed E-state index contributed by atoms with van der Waals surface area (Å²) in [4.78, 5) is 20.2. The lowest BCUT2D eigenvalue weighted by molar-refractivity contribution is -0.157. The fraction of sp³-hybridized carbons (Fsp3) is 0.647. The zero-order valence-electron chi connectivity index (χ0n) is 15.6. The number of nitrogens with one attached hydrogen (secondary N) is 2. The average Bonchev–Trinajstić information content (AvgIpc) is 3.30. The summed E-state index contributed by atoms with van der Waals surface area (Å²) in [5.74, 6) is -0.255. The van der Waals surface area contributed by atoms with Gasteiger partial charge in [0.05, 0.1) is 12.6 Å². The number of halogens is 3. The van der Waals surface area contributed by atoms with Crippen molar-refractivity contribution < 1.29 is 18.0 Å². The first-order chi connectivity index (χ1) is 12.8. The molecule has 27 heavy (non-hydrogen) atoms. The van der Waals surface area contributed by atoms with Crippen molar-refractivity contribution in [1.29, 1.82) is 0 Å². The maximum absolute atomic E-state index is 12.4. The molecule has 1 aromatic heterocycles. The van der Waals surface area contributed by atoms with Crippen molar-refractivity contribution in [3.05, 3.63) is 22.4 Å². The maximum Gasteiger partial charge on any atom is 0.406 e. The highest BCUT2D eigenvalue weighted by molar-refractivity contribution is 7.10. The van der Waals surface area contributed by atoms with Gasteiger partial charge in [0.15, 0.2) is 5.96 Å². The zero-order valence-corrected chi connectivity index (χ0v) is 16.4. The van der Waals surface area contributed by atoms with Crippen LogP contribution in [0.1, 0.15) is 23.8 Å². The highest BCUT2D eigenvalue weighted by Crippen LogP contribution is 2.27. The van der Waals surface area contributed by atoms with E-state index in [1.165, 1.54) is 17.7 Å². The normalized spacial score (nSPS) is 17.0. The van der Waals surface area contributed by atoms with E-state index in [-0.39, 0.29) is 12.6 Å². The molecule has 0 radical (unpaired) electrons. The van der Waals surface area contributed by atoms with Gasteiger partial charge in [-0.05, 0) is 37.4 Å². The summed E-state index contributed by atoms with van der Waals surface area (Å²) in [6, 6.07) is 4.32. The van der Waals surface area contributed by atoms with E-state index in [0.29, 0.717) is 17.4 Å². The van der Waals surface area contributed by atoms with Gasteiger partial charge >= 0.3 is 6.18 Å². The van der Waals surface area contributed by atoms with E-state index in [2.05, 4.69) is 26.6 Å². The van der Waals surface area contributed by atoms with E-state index in [1.54, 1.807) is 18.4 Å². The molecule has 2 N–H and O–H groups in total. The van der Waals surface area contributed by atoms with Gasteiger partial charge in [0.2, 0.25) is 5.91 Å². The van der Waals surface area contributed by atoms with Crippen LogP contribution in [0.2, 0.25) is 0 Å². The number of carbonyl (C=O) groups is 1. The van der Waals surface area contributed by atoms with Gasteiger partial charge in [-0.1, -0.05) is 6.07 Å². The minimum Gasteiger partial charge on any atom is -0.354 e. The second-order valence-electron chi connectivity index (χ2n) is 6.45. The molecule has 0 spiro atoms. The largest absolute Gasteiger partial charge is 0.406 e. The summed E-state index contributed by atoms with van der Waals surface area (Å²) < 4.78 is 37.1. The Morgan fingerprint density at radius 3 is 2.63 bits per heavy atom. The van der Waals surface area contributed by atoms with Gasteiger partial charge in [-0.25, -0.2) is 0 Å². The molecule has 1 unspecified atom stereocenters. The molecular weight excluding hydrogens is 379 g/mol. The quantitative estimate of drug-likeness (QED) is 0.539. The van der Waals surface area contributed by atoms with E-state index in [4.69, 9.17) is 0 Å². The molecule has 2 rings (SSSR count). The number of aliphatic imine (C=N–C) groups is 1. The minimum atomic E-state index is -4.41. The molecule has 0 aliphatic carbocycles. The topological polar surface area (TPSA) is 60.0 Å². The van der Waals surface area contributed by atoms with Gasteiger partial charge in [-0.2, -0.15) is 13.2 Å². The van der Waals surface area contributed by atoms with Crippen molar-refractivity contribution in [3.8, 4) is 0 Å². The van der Waals surface area contributed by atoms with Crippen molar-refractivity contribution >= 4 is 23.2 Å². The molecule has 1 aliphatic rings. The molecule has 10 heteroatoms. The number of hydrogen-bond donors (Lipinski definition) is 2. The van der Waals surface area contributed by atoms with Gasteiger partial charge in [-0.3, -0.25) is 14.7 Å². The molecule has 0 bridgehead atoms. The first-order valence-electron chi connectivity index (χ1n) is 8.83. The van der Waals surface area contributed by atoms with E-state index in [1.807, 2.05) is 11.4 Å². The number of nitrogens with zero attached hydrogens (tertiary/aromatic N) is 3. The van der Waals surface area contributed by atoms with E-state index in [9.17, 15) is 18.0 Å². The van der Waals surface area contributed by atoms with Crippen LogP contribution < -0.4 is 10.6 Å². The summed E-state index contributed by atoms with van der Waals surface area (Å²) in [6.07, 6.45) is -2.06. The third-order valence-electron chi connectivity index (χ3n) is 4.39. The number of guanidine groups is 1. The van der Waals surface area contributed by atoms with Crippen molar-refractivity contribution in [2.45, 2.75) is 25.1 Å². The Labute approximate surface area is 161 Å². The zero-order chi connectivity index (χ0) is 19.9. The highest BCUT2D eigenvalue weighted by atomic mass is 32.1. The summed E-state index contributed by atoms with van der Waals surface area (Å²) in [5, 5.41) is 8.02. The van der Waals surface area contributed by atoms with Crippen LogP contribution in [0.5, 0.6) is 0 Å². The summed E-state index contributed by atoms with van der Waals surface area (Å²) in [7, 11) is 2.70. The van der Waals surface area contributed by atoms with Crippen LogP contribution in [-0.2, 0) is 4.79 Å². The van der Waals surface area contributed by atoms with E-state index in [0.717, 1.165) is 20.1 Å². The summed E-state index contributed by atoms with van der Waals surface area (Å²) >= 11 is 1.70. The Bertz CT molecular complexity index is 615. The lowest BCUT2D eigenvalue weighted by Gasteiger charge is -2.27. The lowest BCUT2D eigenvalue weighted by atomic mass is 10.2. The number of likely N-dealkylation sites (N-methyl/N-ethyl adjacent to an activating group) is 1. The maximum atomic E-state index is 12.4. The SMILES string of the molecule is CN=C(NCC(=O)N(C)CC(F)(F)F)NCC(c1cccs1)N1CCCC1. The van der Waals surface area contributed by atoms with Crippen molar-refractivity contribution in [3.63, 3.8) is 0 Å². The number of hydrogen-bond acceptors (Lipinski definition) is 4. The van der Waals surface area contributed by atoms with Gasteiger partial charge in [0.25, 0.3) is 0 Å². The first-order valence-corrected chi connectivity index (χ1v) is 9.71. The number of thiophene rings is 1. The number of amides is 1. The van der Waals surface area contributed by atoms with Gasteiger partial charge in [0, 0.05) is 25.5 Å². The van der Waals surface area contributed by atoms with E-state index < -0.39 is 18.6 Å². The van der Waals surface area contributed by atoms with Crippen molar-refractivity contribution in [1.82, 2.24) is 20.4 Å². The second-order valence-corrected chi connectivity index (χ2v) is 7.43. The molecule has 6 nitrogen and oxygen atoms in total. The molecule has 1 amide bonds. The van der Waals surface area contributed by atoms with Gasteiger partial charge in [0.1, 0.15) is 6.54 Å². The molecule has 1 aliphatic heterocycles. The Morgan fingerprint density at radius 1 is 1.37 bits per heavy atom. The molecular formula is C17H26F3N5OS. The molecule has 1 atom stereocenters. The molecule has 2 heterocycles. The Kier molecular flexibility index (Phi) is 7.91. The number of likely N-dealkylation sites (tertiary alicyclic amines) is 1. The van der Waals surface area contributed by atoms with Crippen LogP contribution >= 0.6 is 11.3 Å². The van der Waals surface area contributed by atoms with Gasteiger partial charge < -0.3 is 15.5 Å². The fourth-order valence-electron chi connectivity index (χ4n) is 3.01. The predicted molar refractivity (Wildman–Crippen MR) is 101 cm³/mol.